The molecule has 1 nitrogen and oxygen atoms in total. The van der Waals surface area contributed by atoms with Crippen LogP contribution in [0.1, 0.15) is 50.7 Å². The SMILES string of the molecule is CC1(C)[C@@H]2CC[C@@]1(C)[C@H](O)[C@@H]2C(c1ccccc1)c1ccccc1. The third-order valence-electron chi connectivity index (χ3n) is 7.56. The zero-order chi connectivity index (χ0) is 16.9. The van der Waals surface area contributed by atoms with Gasteiger partial charge in [-0.3, -0.25) is 0 Å². The molecule has 4 atom stereocenters. The van der Waals surface area contributed by atoms with Crippen LogP contribution in [0.3, 0.4) is 0 Å². The summed E-state index contributed by atoms with van der Waals surface area (Å²) >= 11 is 0. The maximum Gasteiger partial charge on any atom is 0.0639 e. The van der Waals surface area contributed by atoms with Crippen molar-refractivity contribution in [3.05, 3.63) is 71.8 Å². The summed E-state index contributed by atoms with van der Waals surface area (Å²) in [7, 11) is 0. The highest BCUT2D eigenvalue weighted by molar-refractivity contribution is 5.36. The topological polar surface area (TPSA) is 20.2 Å². The van der Waals surface area contributed by atoms with Crippen LogP contribution in [0.4, 0.5) is 0 Å². The van der Waals surface area contributed by atoms with Crippen molar-refractivity contribution < 1.29 is 5.11 Å². The second-order valence-corrected chi connectivity index (χ2v) is 8.61. The van der Waals surface area contributed by atoms with E-state index in [0.717, 1.165) is 6.42 Å². The quantitative estimate of drug-likeness (QED) is 0.818. The van der Waals surface area contributed by atoms with Crippen LogP contribution in [0.25, 0.3) is 0 Å². The summed E-state index contributed by atoms with van der Waals surface area (Å²) < 4.78 is 0. The van der Waals surface area contributed by atoms with Gasteiger partial charge in [0.25, 0.3) is 0 Å². The molecule has 0 amide bonds. The largest absolute Gasteiger partial charge is 0.392 e. The maximum absolute atomic E-state index is 11.4. The Morgan fingerprint density at radius 3 is 1.79 bits per heavy atom. The second-order valence-electron chi connectivity index (χ2n) is 8.61. The third-order valence-corrected chi connectivity index (χ3v) is 7.56. The van der Waals surface area contributed by atoms with E-state index in [0.29, 0.717) is 11.8 Å². The normalized spacial score (nSPS) is 34.0. The van der Waals surface area contributed by atoms with Gasteiger partial charge in [0.2, 0.25) is 0 Å². The smallest absolute Gasteiger partial charge is 0.0639 e. The van der Waals surface area contributed by atoms with E-state index in [1.54, 1.807) is 0 Å². The Morgan fingerprint density at radius 2 is 1.38 bits per heavy atom. The summed E-state index contributed by atoms with van der Waals surface area (Å²) in [4.78, 5) is 0. The second kappa shape index (κ2) is 5.46. The van der Waals surface area contributed by atoms with Gasteiger partial charge >= 0.3 is 0 Å². The van der Waals surface area contributed by atoms with Gasteiger partial charge < -0.3 is 5.11 Å². The van der Waals surface area contributed by atoms with Crippen LogP contribution in [0.5, 0.6) is 0 Å². The van der Waals surface area contributed by atoms with Gasteiger partial charge in [0, 0.05) is 5.92 Å². The molecule has 0 unspecified atom stereocenters. The highest BCUT2D eigenvalue weighted by Gasteiger charge is 2.67. The molecule has 0 radical (unpaired) electrons. The van der Waals surface area contributed by atoms with Crippen molar-refractivity contribution in [3.63, 3.8) is 0 Å². The van der Waals surface area contributed by atoms with Crippen LogP contribution in [-0.4, -0.2) is 11.2 Å². The number of benzene rings is 2. The lowest BCUT2D eigenvalue weighted by Gasteiger charge is -2.39. The minimum Gasteiger partial charge on any atom is -0.392 e. The standard InChI is InChI=1S/C23H28O/c1-22(2)18-14-15-23(22,3)21(24)20(18)19(16-10-6-4-7-11-16)17-12-8-5-9-13-17/h4-13,18-21,24H,14-15H2,1-3H3/t18-,20+,21-,23+/m1/s1. The molecule has 2 aromatic carbocycles. The van der Waals surface area contributed by atoms with Crippen molar-refractivity contribution in [2.75, 3.05) is 0 Å². The lowest BCUT2D eigenvalue weighted by Crippen LogP contribution is -2.39. The van der Waals surface area contributed by atoms with Crippen LogP contribution >= 0.6 is 0 Å². The fourth-order valence-corrected chi connectivity index (χ4v) is 5.78. The molecule has 2 bridgehead atoms. The van der Waals surface area contributed by atoms with Gasteiger partial charge in [0.15, 0.2) is 0 Å². The zero-order valence-corrected chi connectivity index (χ0v) is 14.9. The van der Waals surface area contributed by atoms with Crippen molar-refractivity contribution in [1.82, 2.24) is 0 Å². The van der Waals surface area contributed by atoms with Crippen molar-refractivity contribution in [1.29, 1.82) is 0 Å². The molecule has 2 fully saturated rings. The molecule has 0 saturated heterocycles. The summed E-state index contributed by atoms with van der Waals surface area (Å²) in [5.41, 5.74) is 2.89. The van der Waals surface area contributed by atoms with Gasteiger partial charge in [-0.25, -0.2) is 0 Å². The average molecular weight is 320 g/mol. The summed E-state index contributed by atoms with van der Waals surface area (Å²) in [5.74, 6) is 1.14. The monoisotopic (exact) mass is 320 g/mol. The van der Waals surface area contributed by atoms with Gasteiger partial charge in [0.1, 0.15) is 0 Å². The lowest BCUT2D eigenvalue weighted by atomic mass is 9.69. The first-order valence-electron chi connectivity index (χ1n) is 9.25. The van der Waals surface area contributed by atoms with E-state index in [2.05, 4.69) is 81.4 Å². The van der Waals surface area contributed by atoms with Crippen LogP contribution < -0.4 is 0 Å². The lowest BCUT2D eigenvalue weighted by molar-refractivity contribution is -0.0139. The Hall–Kier alpha value is -1.60. The molecule has 1 heteroatoms. The molecule has 0 aliphatic heterocycles. The first-order chi connectivity index (χ1) is 11.5. The van der Waals surface area contributed by atoms with Gasteiger partial charge in [-0.1, -0.05) is 81.4 Å². The Labute approximate surface area is 145 Å². The molecule has 2 saturated carbocycles. The Kier molecular flexibility index (Phi) is 3.61. The molecule has 126 valence electrons. The number of rotatable bonds is 3. The van der Waals surface area contributed by atoms with Gasteiger partial charge in [-0.15, -0.1) is 0 Å². The van der Waals surface area contributed by atoms with E-state index in [1.807, 2.05) is 0 Å². The number of hydrogen-bond acceptors (Lipinski definition) is 1. The average Bonchev–Trinajstić information content (AvgIpc) is 2.91. The fourth-order valence-electron chi connectivity index (χ4n) is 5.78. The van der Waals surface area contributed by atoms with Crippen LogP contribution in [0.2, 0.25) is 0 Å². The van der Waals surface area contributed by atoms with Gasteiger partial charge in [-0.05, 0) is 46.6 Å². The maximum atomic E-state index is 11.4. The molecule has 1 N–H and O–H groups in total. The Morgan fingerprint density at radius 1 is 0.875 bits per heavy atom. The molecule has 0 aromatic heterocycles. The predicted octanol–water partition coefficient (Wildman–Crippen LogP) is 5.25. The summed E-state index contributed by atoms with van der Waals surface area (Å²) in [6.45, 7) is 7.06. The highest BCUT2D eigenvalue weighted by Crippen LogP contribution is 2.70. The van der Waals surface area contributed by atoms with Gasteiger partial charge in [-0.2, -0.15) is 0 Å². The minimum atomic E-state index is -0.239. The molecule has 0 spiro atoms. The zero-order valence-electron chi connectivity index (χ0n) is 14.9. The van der Waals surface area contributed by atoms with Crippen molar-refractivity contribution in [2.45, 2.75) is 45.6 Å². The van der Waals surface area contributed by atoms with E-state index in [9.17, 15) is 5.11 Å². The summed E-state index contributed by atoms with van der Waals surface area (Å²) in [6.07, 6.45) is 2.15. The highest BCUT2D eigenvalue weighted by atomic mass is 16.3. The van der Waals surface area contributed by atoms with Crippen LogP contribution in [0.15, 0.2) is 60.7 Å². The summed E-state index contributed by atoms with van der Waals surface area (Å²) in [6, 6.07) is 21.6. The molecule has 24 heavy (non-hydrogen) atoms. The molecule has 4 rings (SSSR count). The van der Waals surface area contributed by atoms with Crippen molar-refractivity contribution in [2.24, 2.45) is 22.7 Å². The van der Waals surface area contributed by atoms with E-state index in [-0.39, 0.29) is 22.9 Å². The van der Waals surface area contributed by atoms with Crippen molar-refractivity contribution in [3.8, 4) is 0 Å². The molecular formula is C23H28O. The van der Waals surface area contributed by atoms with E-state index >= 15 is 0 Å². The molecular weight excluding hydrogens is 292 g/mol. The number of hydrogen-bond donors (Lipinski definition) is 1. The molecule has 2 aromatic rings. The first kappa shape index (κ1) is 15.9. The van der Waals surface area contributed by atoms with Gasteiger partial charge in [0.05, 0.1) is 6.10 Å². The summed E-state index contributed by atoms with van der Waals surface area (Å²) in [5, 5.41) is 11.4. The van der Waals surface area contributed by atoms with E-state index < -0.39 is 0 Å². The van der Waals surface area contributed by atoms with Crippen molar-refractivity contribution >= 4 is 0 Å². The molecule has 0 heterocycles. The third kappa shape index (κ3) is 2.04. The number of aliphatic hydroxyl groups excluding tert-OH is 1. The number of fused-ring (bicyclic) bond motifs is 2. The minimum absolute atomic E-state index is 0.0319. The number of aliphatic hydroxyl groups is 1. The Bertz CT molecular complexity index is 666. The van der Waals surface area contributed by atoms with Crippen LogP contribution in [-0.2, 0) is 0 Å². The van der Waals surface area contributed by atoms with E-state index in [4.69, 9.17) is 0 Å². The van der Waals surface area contributed by atoms with Crippen LogP contribution in [0, 0.1) is 22.7 Å². The Balaban J connectivity index is 1.84. The molecule has 2 aliphatic carbocycles. The molecule has 2 aliphatic rings. The predicted molar refractivity (Wildman–Crippen MR) is 98.8 cm³/mol. The first-order valence-corrected chi connectivity index (χ1v) is 9.25. The van der Waals surface area contributed by atoms with E-state index in [1.165, 1.54) is 17.5 Å². The fraction of sp³-hybridized carbons (Fsp3) is 0.478.